The molecule has 0 atom stereocenters. The quantitative estimate of drug-likeness (QED) is 0.831. The Morgan fingerprint density at radius 2 is 2.10 bits per heavy atom. The lowest BCUT2D eigenvalue weighted by Crippen LogP contribution is -2.17. The van der Waals surface area contributed by atoms with Crippen LogP contribution >= 0.6 is 23.1 Å². The first-order valence-corrected chi connectivity index (χ1v) is 7.42. The molecule has 2 N–H and O–H groups in total. The van der Waals surface area contributed by atoms with Gasteiger partial charge in [0.15, 0.2) is 0 Å². The molecule has 0 radical (unpaired) electrons. The van der Waals surface area contributed by atoms with E-state index >= 15 is 0 Å². The molecule has 0 aliphatic rings. The van der Waals surface area contributed by atoms with Gasteiger partial charge in [-0.1, -0.05) is 12.1 Å². The van der Waals surface area contributed by atoms with Gasteiger partial charge in [0.1, 0.15) is 5.82 Å². The minimum atomic E-state index is -1.29. The number of hydrogen-bond acceptors (Lipinski definition) is 4. The minimum Gasteiger partial charge on any atom is -0.478 e. The van der Waals surface area contributed by atoms with E-state index in [9.17, 15) is 14.0 Å². The first-order valence-electron chi connectivity index (χ1n) is 5.56. The lowest BCUT2D eigenvalue weighted by Gasteiger charge is -2.09. The normalized spacial score (nSPS) is 10.2. The second-order valence-electron chi connectivity index (χ2n) is 3.74. The number of thiophene rings is 1. The molecular formula is C13H10FNO3S2. The predicted molar refractivity (Wildman–Crippen MR) is 77.0 cm³/mol. The number of amides is 1. The molecule has 0 fully saturated rings. The van der Waals surface area contributed by atoms with Crippen molar-refractivity contribution in [3.63, 3.8) is 0 Å². The van der Waals surface area contributed by atoms with Gasteiger partial charge in [0.05, 0.1) is 21.2 Å². The minimum absolute atomic E-state index is 0.0912. The van der Waals surface area contributed by atoms with E-state index < -0.39 is 17.7 Å². The molecule has 0 spiro atoms. The SMILES string of the molecule is O=C(CSc1cccs1)Nc1c(F)cccc1C(=O)O. The number of rotatable bonds is 5. The summed E-state index contributed by atoms with van der Waals surface area (Å²) in [5.74, 6) is -2.41. The highest BCUT2D eigenvalue weighted by Gasteiger charge is 2.16. The number of carboxylic acids is 1. The van der Waals surface area contributed by atoms with Gasteiger partial charge in [-0.2, -0.15) is 0 Å². The topological polar surface area (TPSA) is 66.4 Å². The van der Waals surface area contributed by atoms with E-state index in [1.807, 2.05) is 17.5 Å². The van der Waals surface area contributed by atoms with Crippen molar-refractivity contribution in [3.8, 4) is 0 Å². The van der Waals surface area contributed by atoms with Gasteiger partial charge in [-0.05, 0) is 23.6 Å². The smallest absolute Gasteiger partial charge is 0.337 e. The number of halogens is 1. The highest BCUT2D eigenvalue weighted by molar-refractivity contribution is 8.01. The maximum Gasteiger partial charge on any atom is 0.337 e. The first-order chi connectivity index (χ1) is 9.58. The number of benzene rings is 1. The average molecular weight is 311 g/mol. The standard InChI is InChI=1S/C13H10FNO3S2/c14-9-4-1-3-8(13(17)18)12(9)15-10(16)7-20-11-5-2-6-19-11/h1-6H,7H2,(H,15,16)(H,17,18). The molecule has 1 aromatic carbocycles. The monoisotopic (exact) mass is 311 g/mol. The maximum absolute atomic E-state index is 13.6. The fourth-order valence-electron chi connectivity index (χ4n) is 1.49. The van der Waals surface area contributed by atoms with E-state index in [1.165, 1.54) is 35.2 Å². The van der Waals surface area contributed by atoms with Crippen LogP contribution in [0.1, 0.15) is 10.4 Å². The molecule has 2 rings (SSSR count). The fraction of sp³-hybridized carbons (Fsp3) is 0.0769. The van der Waals surface area contributed by atoms with Gasteiger partial charge in [0.2, 0.25) is 5.91 Å². The summed E-state index contributed by atoms with van der Waals surface area (Å²) in [6, 6.07) is 7.37. The van der Waals surface area contributed by atoms with Crippen molar-refractivity contribution in [2.45, 2.75) is 4.21 Å². The van der Waals surface area contributed by atoms with E-state index in [0.717, 1.165) is 10.3 Å². The summed E-state index contributed by atoms with van der Waals surface area (Å²) in [6.07, 6.45) is 0. The number of thioether (sulfide) groups is 1. The molecule has 0 unspecified atom stereocenters. The van der Waals surface area contributed by atoms with Crippen LogP contribution in [-0.2, 0) is 4.79 Å². The van der Waals surface area contributed by atoms with Gasteiger partial charge < -0.3 is 10.4 Å². The maximum atomic E-state index is 13.6. The van der Waals surface area contributed by atoms with Crippen LogP contribution in [0.2, 0.25) is 0 Å². The zero-order valence-electron chi connectivity index (χ0n) is 10.1. The van der Waals surface area contributed by atoms with Crippen LogP contribution in [0.5, 0.6) is 0 Å². The van der Waals surface area contributed by atoms with Crippen molar-refractivity contribution in [3.05, 3.63) is 47.1 Å². The Hall–Kier alpha value is -1.86. The first kappa shape index (κ1) is 14.5. The summed E-state index contributed by atoms with van der Waals surface area (Å²) in [5.41, 5.74) is -0.559. The molecule has 1 amide bonds. The number of carbonyl (C=O) groups excluding carboxylic acids is 1. The number of anilines is 1. The lowest BCUT2D eigenvalue weighted by atomic mass is 10.1. The van der Waals surface area contributed by atoms with Gasteiger partial charge in [-0.3, -0.25) is 4.79 Å². The van der Waals surface area contributed by atoms with Gasteiger partial charge in [0.25, 0.3) is 0 Å². The number of nitrogens with one attached hydrogen (secondary N) is 1. The van der Waals surface area contributed by atoms with Crippen molar-refractivity contribution in [1.82, 2.24) is 0 Å². The third-order valence-corrected chi connectivity index (χ3v) is 4.48. The van der Waals surface area contributed by atoms with Crippen molar-refractivity contribution in [1.29, 1.82) is 0 Å². The summed E-state index contributed by atoms with van der Waals surface area (Å²) in [7, 11) is 0. The molecule has 0 bridgehead atoms. The van der Waals surface area contributed by atoms with Gasteiger partial charge in [-0.15, -0.1) is 23.1 Å². The van der Waals surface area contributed by atoms with Crippen LogP contribution in [0.3, 0.4) is 0 Å². The third kappa shape index (κ3) is 3.58. The Kier molecular flexibility index (Phi) is 4.75. The fourth-order valence-corrected chi connectivity index (χ4v) is 3.07. The van der Waals surface area contributed by atoms with Gasteiger partial charge in [-0.25, -0.2) is 9.18 Å². The van der Waals surface area contributed by atoms with Crippen LogP contribution in [-0.4, -0.2) is 22.7 Å². The third-order valence-electron chi connectivity index (χ3n) is 2.35. The summed E-state index contributed by atoms with van der Waals surface area (Å²) in [5, 5.41) is 13.2. The van der Waals surface area contributed by atoms with E-state index in [-0.39, 0.29) is 17.0 Å². The molecule has 4 nitrogen and oxygen atoms in total. The molecule has 1 heterocycles. The molecule has 0 aliphatic heterocycles. The van der Waals surface area contributed by atoms with Crippen LogP contribution < -0.4 is 5.32 Å². The average Bonchev–Trinajstić information content (AvgIpc) is 2.91. The van der Waals surface area contributed by atoms with Crippen LogP contribution in [0.4, 0.5) is 10.1 Å². The Bertz CT molecular complexity index is 629. The molecule has 0 aliphatic carbocycles. The van der Waals surface area contributed by atoms with Crippen molar-refractivity contribution in [2.24, 2.45) is 0 Å². The molecule has 2 aromatic rings. The molecule has 1 aromatic heterocycles. The summed E-state index contributed by atoms with van der Waals surface area (Å²) in [6.45, 7) is 0. The summed E-state index contributed by atoms with van der Waals surface area (Å²) < 4.78 is 14.6. The summed E-state index contributed by atoms with van der Waals surface area (Å²) >= 11 is 2.81. The van der Waals surface area contributed by atoms with E-state index in [4.69, 9.17) is 5.11 Å². The number of carboxylic acid groups (broad SMARTS) is 1. The molecule has 0 saturated heterocycles. The number of aromatic carboxylic acids is 1. The Morgan fingerprint density at radius 3 is 2.75 bits per heavy atom. The molecule has 0 saturated carbocycles. The van der Waals surface area contributed by atoms with E-state index in [2.05, 4.69) is 5.32 Å². The zero-order valence-corrected chi connectivity index (χ0v) is 11.8. The zero-order chi connectivity index (χ0) is 14.5. The number of hydrogen-bond donors (Lipinski definition) is 2. The molecule has 104 valence electrons. The number of para-hydroxylation sites is 1. The van der Waals surface area contributed by atoms with Crippen LogP contribution in [0, 0.1) is 5.82 Å². The second-order valence-corrected chi connectivity index (χ2v) is 5.96. The summed E-state index contributed by atoms with van der Waals surface area (Å²) in [4.78, 5) is 22.7. The van der Waals surface area contributed by atoms with E-state index in [0.29, 0.717) is 0 Å². The van der Waals surface area contributed by atoms with Gasteiger partial charge >= 0.3 is 5.97 Å². The van der Waals surface area contributed by atoms with Crippen molar-refractivity contribution < 1.29 is 19.1 Å². The highest BCUT2D eigenvalue weighted by atomic mass is 32.2. The molecule has 7 heteroatoms. The Labute approximate surface area is 122 Å². The highest BCUT2D eigenvalue weighted by Crippen LogP contribution is 2.24. The van der Waals surface area contributed by atoms with Crippen LogP contribution in [0.15, 0.2) is 39.9 Å². The second kappa shape index (κ2) is 6.53. The van der Waals surface area contributed by atoms with Gasteiger partial charge in [0, 0.05) is 0 Å². The number of carbonyl (C=O) groups is 2. The molecular weight excluding hydrogens is 301 g/mol. The Balaban J connectivity index is 2.06. The van der Waals surface area contributed by atoms with Crippen molar-refractivity contribution >= 4 is 40.7 Å². The molecule has 20 heavy (non-hydrogen) atoms. The largest absolute Gasteiger partial charge is 0.478 e. The van der Waals surface area contributed by atoms with Crippen LogP contribution in [0.25, 0.3) is 0 Å². The van der Waals surface area contributed by atoms with Crippen molar-refractivity contribution in [2.75, 3.05) is 11.1 Å². The van der Waals surface area contributed by atoms with E-state index in [1.54, 1.807) is 0 Å². The Morgan fingerprint density at radius 1 is 1.30 bits per heavy atom. The predicted octanol–water partition coefficient (Wildman–Crippen LogP) is 3.32. The lowest BCUT2D eigenvalue weighted by molar-refractivity contribution is -0.113.